The molecule has 1 aliphatic rings. The zero-order valence-electron chi connectivity index (χ0n) is 11.4. The highest BCUT2D eigenvalue weighted by atomic mass is 32.1. The van der Waals surface area contributed by atoms with Gasteiger partial charge in [0, 0.05) is 42.8 Å². The first-order valence-electron chi connectivity index (χ1n) is 6.88. The van der Waals surface area contributed by atoms with E-state index in [0.717, 1.165) is 36.8 Å². The molecule has 0 saturated heterocycles. The highest BCUT2D eigenvalue weighted by Crippen LogP contribution is 2.24. The van der Waals surface area contributed by atoms with Crippen LogP contribution in [0.1, 0.15) is 16.3 Å². The van der Waals surface area contributed by atoms with Crippen LogP contribution in [0, 0.1) is 0 Å². The Kier molecular flexibility index (Phi) is 3.50. The summed E-state index contributed by atoms with van der Waals surface area (Å²) < 4.78 is 0. The molecule has 0 fully saturated rings. The second-order valence-corrected chi connectivity index (χ2v) is 6.96. The Balaban J connectivity index is 1.54. The van der Waals surface area contributed by atoms with Gasteiger partial charge in [-0.1, -0.05) is 6.07 Å². The van der Waals surface area contributed by atoms with Crippen LogP contribution in [0.4, 0.5) is 0 Å². The minimum atomic E-state index is 0.858. The Labute approximate surface area is 131 Å². The highest BCUT2D eigenvalue weighted by Gasteiger charge is 2.19. The Bertz CT molecular complexity index is 722. The van der Waals surface area contributed by atoms with Gasteiger partial charge in [-0.05, 0) is 11.4 Å². The van der Waals surface area contributed by atoms with Gasteiger partial charge in [-0.15, -0.1) is 22.7 Å². The van der Waals surface area contributed by atoms with Gasteiger partial charge in [0.25, 0.3) is 0 Å². The van der Waals surface area contributed by atoms with Gasteiger partial charge in [-0.2, -0.15) is 0 Å². The molecule has 0 unspecified atom stereocenters. The van der Waals surface area contributed by atoms with Crippen molar-refractivity contribution in [2.24, 2.45) is 0 Å². The van der Waals surface area contributed by atoms with Crippen molar-refractivity contribution in [2.75, 3.05) is 6.54 Å². The quantitative estimate of drug-likeness (QED) is 0.744. The third-order valence-corrected chi connectivity index (χ3v) is 5.23. The molecule has 0 radical (unpaired) electrons. The van der Waals surface area contributed by atoms with Crippen molar-refractivity contribution in [1.82, 2.24) is 19.9 Å². The molecule has 0 spiro atoms. The topological polar surface area (TPSA) is 41.9 Å². The van der Waals surface area contributed by atoms with Crippen LogP contribution >= 0.6 is 22.7 Å². The lowest BCUT2D eigenvalue weighted by Gasteiger charge is -2.27. The van der Waals surface area contributed by atoms with E-state index in [-0.39, 0.29) is 0 Å². The molecule has 0 bridgehead atoms. The Morgan fingerprint density at radius 3 is 3.00 bits per heavy atom. The van der Waals surface area contributed by atoms with E-state index in [1.165, 1.54) is 16.3 Å². The molecule has 4 rings (SSSR count). The summed E-state index contributed by atoms with van der Waals surface area (Å²) in [4.78, 5) is 17.2. The summed E-state index contributed by atoms with van der Waals surface area (Å²) in [7, 11) is 0. The van der Waals surface area contributed by atoms with Crippen LogP contribution in [-0.4, -0.2) is 26.4 Å². The number of aromatic nitrogens is 3. The fourth-order valence-electron chi connectivity index (χ4n) is 2.56. The summed E-state index contributed by atoms with van der Waals surface area (Å²) in [5, 5.41) is 5.27. The zero-order chi connectivity index (χ0) is 14.1. The van der Waals surface area contributed by atoms with Gasteiger partial charge in [0.15, 0.2) is 5.82 Å². The molecular formula is C15H14N4S2. The summed E-state index contributed by atoms with van der Waals surface area (Å²) in [5.74, 6) is 0.858. The zero-order valence-corrected chi connectivity index (χ0v) is 13.0. The fourth-order valence-corrected chi connectivity index (χ4v) is 3.88. The van der Waals surface area contributed by atoms with Crippen LogP contribution in [-0.2, 0) is 19.5 Å². The van der Waals surface area contributed by atoms with E-state index in [2.05, 4.69) is 26.3 Å². The van der Waals surface area contributed by atoms with Gasteiger partial charge in [-0.25, -0.2) is 15.0 Å². The number of thiophene rings is 1. The number of fused-ring (bicyclic) bond motifs is 1. The molecule has 4 heterocycles. The highest BCUT2D eigenvalue weighted by molar-refractivity contribution is 7.13. The first-order chi connectivity index (χ1) is 10.4. The molecule has 3 aromatic rings. The molecule has 3 aromatic heterocycles. The molecule has 0 atom stereocenters. The number of hydrogen-bond donors (Lipinski definition) is 0. The molecule has 1 aliphatic heterocycles. The third-order valence-electron chi connectivity index (χ3n) is 3.60. The second-order valence-electron chi connectivity index (χ2n) is 5.03. The summed E-state index contributed by atoms with van der Waals surface area (Å²) in [6.07, 6.45) is 4.85. The SMILES string of the molecule is c1csc(-c2ncc3c(n2)CCN(Cc2nccs2)C3)c1. The van der Waals surface area contributed by atoms with E-state index in [1.807, 2.05) is 23.8 Å². The van der Waals surface area contributed by atoms with Gasteiger partial charge in [0.1, 0.15) is 5.01 Å². The average Bonchev–Trinajstić information content (AvgIpc) is 3.20. The van der Waals surface area contributed by atoms with Crippen molar-refractivity contribution in [3.8, 4) is 10.7 Å². The minimum absolute atomic E-state index is 0.858. The number of rotatable bonds is 3. The van der Waals surface area contributed by atoms with Crippen LogP contribution in [0.2, 0.25) is 0 Å². The number of hydrogen-bond acceptors (Lipinski definition) is 6. The summed E-state index contributed by atoms with van der Waals surface area (Å²) in [6.45, 7) is 2.87. The summed E-state index contributed by atoms with van der Waals surface area (Å²) in [6, 6.07) is 4.11. The molecule has 106 valence electrons. The lowest BCUT2D eigenvalue weighted by atomic mass is 10.1. The normalized spacial score (nSPS) is 15.0. The van der Waals surface area contributed by atoms with Crippen LogP contribution in [0.25, 0.3) is 10.7 Å². The maximum absolute atomic E-state index is 4.75. The van der Waals surface area contributed by atoms with Gasteiger partial charge >= 0.3 is 0 Å². The van der Waals surface area contributed by atoms with Gasteiger partial charge in [0.05, 0.1) is 17.1 Å². The number of thiazole rings is 1. The molecule has 0 N–H and O–H groups in total. The first-order valence-corrected chi connectivity index (χ1v) is 8.64. The summed E-state index contributed by atoms with van der Waals surface area (Å²) in [5.41, 5.74) is 2.45. The molecule has 0 saturated carbocycles. The smallest absolute Gasteiger partial charge is 0.169 e. The maximum Gasteiger partial charge on any atom is 0.169 e. The van der Waals surface area contributed by atoms with Crippen LogP contribution in [0.15, 0.2) is 35.3 Å². The minimum Gasteiger partial charge on any atom is -0.292 e. The lowest BCUT2D eigenvalue weighted by Crippen LogP contribution is -2.30. The van der Waals surface area contributed by atoms with Crippen molar-refractivity contribution < 1.29 is 0 Å². The molecule has 0 amide bonds. The van der Waals surface area contributed by atoms with E-state index in [1.54, 1.807) is 22.7 Å². The molecule has 0 aromatic carbocycles. The standard InChI is InChI=1S/C15H14N4S2/c1-2-13(20-6-1)15-17-8-11-9-19(5-3-12(11)18-15)10-14-16-4-7-21-14/h1-2,4,6-8H,3,5,9-10H2. The molecule has 6 heteroatoms. The van der Waals surface area contributed by atoms with E-state index < -0.39 is 0 Å². The van der Waals surface area contributed by atoms with Crippen LogP contribution < -0.4 is 0 Å². The van der Waals surface area contributed by atoms with E-state index in [0.29, 0.717) is 0 Å². The molecule has 4 nitrogen and oxygen atoms in total. The molecular weight excluding hydrogens is 300 g/mol. The van der Waals surface area contributed by atoms with Gasteiger partial charge in [-0.3, -0.25) is 4.90 Å². The van der Waals surface area contributed by atoms with E-state index in [4.69, 9.17) is 4.98 Å². The van der Waals surface area contributed by atoms with Crippen molar-refractivity contribution in [3.63, 3.8) is 0 Å². The lowest BCUT2D eigenvalue weighted by molar-refractivity contribution is 0.242. The second kappa shape index (κ2) is 5.63. The monoisotopic (exact) mass is 314 g/mol. The average molecular weight is 314 g/mol. The van der Waals surface area contributed by atoms with Crippen molar-refractivity contribution >= 4 is 22.7 Å². The Morgan fingerprint density at radius 2 is 2.19 bits per heavy atom. The predicted molar refractivity (Wildman–Crippen MR) is 85.3 cm³/mol. The predicted octanol–water partition coefficient (Wildman–Crippen LogP) is 3.22. The largest absolute Gasteiger partial charge is 0.292 e. The van der Waals surface area contributed by atoms with E-state index in [9.17, 15) is 0 Å². The maximum atomic E-state index is 4.75. The van der Waals surface area contributed by atoms with Crippen LogP contribution in [0.3, 0.4) is 0 Å². The molecule has 21 heavy (non-hydrogen) atoms. The van der Waals surface area contributed by atoms with Crippen molar-refractivity contribution in [1.29, 1.82) is 0 Å². The number of nitrogens with zero attached hydrogens (tertiary/aromatic N) is 4. The first kappa shape index (κ1) is 13.1. The van der Waals surface area contributed by atoms with E-state index >= 15 is 0 Å². The third kappa shape index (κ3) is 2.74. The fraction of sp³-hybridized carbons (Fsp3) is 0.267. The van der Waals surface area contributed by atoms with Crippen molar-refractivity contribution in [3.05, 3.63) is 51.6 Å². The van der Waals surface area contributed by atoms with Gasteiger partial charge < -0.3 is 0 Å². The van der Waals surface area contributed by atoms with Crippen LogP contribution in [0.5, 0.6) is 0 Å². The summed E-state index contributed by atoms with van der Waals surface area (Å²) >= 11 is 3.40. The van der Waals surface area contributed by atoms with Crippen molar-refractivity contribution in [2.45, 2.75) is 19.5 Å². The Morgan fingerprint density at radius 1 is 1.19 bits per heavy atom. The Hall–Kier alpha value is -1.63. The molecule has 0 aliphatic carbocycles. The van der Waals surface area contributed by atoms with Gasteiger partial charge in [0.2, 0.25) is 0 Å².